The summed E-state index contributed by atoms with van der Waals surface area (Å²) in [5, 5.41) is 20.3. The third-order valence-electron chi connectivity index (χ3n) is 14.0. The van der Waals surface area contributed by atoms with Gasteiger partial charge in [-0.3, -0.25) is 0 Å². The van der Waals surface area contributed by atoms with E-state index >= 15 is 8.42 Å². The molecule has 6 heterocycles. The van der Waals surface area contributed by atoms with Crippen LogP contribution in [0.2, 0.25) is 0 Å². The summed E-state index contributed by atoms with van der Waals surface area (Å²) in [4.78, 5) is 23.2. The molecule has 2 atom stereocenters. The van der Waals surface area contributed by atoms with Gasteiger partial charge < -0.3 is 39.4 Å². The number of fused-ring (bicyclic) bond motifs is 4. The number of nitrogens with zero attached hydrogens (tertiary/aromatic N) is 10. The topological polar surface area (TPSA) is 188 Å². The normalized spacial score (nSPS) is 16.4. The van der Waals surface area contributed by atoms with E-state index in [1.165, 1.54) is 12.7 Å². The Morgan fingerprint density at radius 1 is 0.521 bits per heavy atom. The summed E-state index contributed by atoms with van der Waals surface area (Å²) in [6.07, 6.45) is 6.58. The zero-order valence-corrected chi connectivity index (χ0v) is 41.2. The second-order valence-electron chi connectivity index (χ2n) is 17.9. The SMILES string of the molecule is COc1ccc(-c2cnc3ncnn3c2N2CCNC(c3c(S(=O)(=O)c4ccc5ccccc5c4C4CN(c5c(-c6ccc(OC)c(OC)c6)cnc6ncnn56)CCN4)ccc4ccccc34)C2)cc1OC. The van der Waals surface area contributed by atoms with Crippen molar-refractivity contribution in [3.63, 3.8) is 0 Å². The Balaban J connectivity index is 0.973. The van der Waals surface area contributed by atoms with Crippen molar-refractivity contribution in [3.8, 4) is 45.3 Å². The molecule has 0 aliphatic carbocycles. The average Bonchev–Trinajstić information content (AvgIpc) is 4.14. The molecule has 2 aliphatic heterocycles. The van der Waals surface area contributed by atoms with Crippen molar-refractivity contribution in [2.75, 3.05) is 77.5 Å². The van der Waals surface area contributed by atoms with Crippen LogP contribution in [0.1, 0.15) is 23.2 Å². The first-order valence-electron chi connectivity index (χ1n) is 23.8. The van der Waals surface area contributed by atoms with E-state index in [9.17, 15) is 0 Å². The summed E-state index contributed by atoms with van der Waals surface area (Å²) >= 11 is 0. The number of anilines is 2. The van der Waals surface area contributed by atoms with Crippen molar-refractivity contribution in [2.24, 2.45) is 0 Å². The predicted octanol–water partition coefficient (Wildman–Crippen LogP) is 7.37. The number of hydrogen-bond donors (Lipinski definition) is 2. The molecule has 0 bridgehead atoms. The van der Waals surface area contributed by atoms with Gasteiger partial charge in [-0.1, -0.05) is 72.8 Å². The highest BCUT2D eigenvalue weighted by atomic mass is 32.2. The largest absolute Gasteiger partial charge is 0.493 e. The zero-order chi connectivity index (χ0) is 49.8. The van der Waals surface area contributed by atoms with E-state index in [1.807, 2.05) is 97.1 Å². The van der Waals surface area contributed by atoms with Crippen molar-refractivity contribution >= 4 is 54.6 Å². The number of piperazine rings is 2. The van der Waals surface area contributed by atoms with Gasteiger partial charge in [0.2, 0.25) is 9.84 Å². The maximum Gasteiger partial charge on any atom is 0.254 e. The highest BCUT2D eigenvalue weighted by molar-refractivity contribution is 7.91. The molecule has 2 fully saturated rings. The molecule has 2 unspecified atom stereocenters. The van der Waals surface area contributed by atoms with Crippen LogP contribution in [0.3, 0.4) is 0 Å². The van der Waals surface area contributed by atoms with Gasteiger partial charge in [0, 0.05) is 62.8 Å². The minimum Gasteiger partial charge on any atom is -0.493 e. The van der Waals surface area contributed by atoms with Gasteiger partial charge >= 0.3 is 0 Å². The minimum atomic E-state index is -4.27. The van der Waals surface area contributed by atoms with Crippen LogP contribution in [0.25, 0.3) is 55.4 Å². The van der Waals surface area contributed by atoms with Crippen LogP contribution in [0, 0.1) is 0 Å². The molecule has 18 nitrogen and oxygen atoms in total. The van der Waals surface area contributed by atoms with Gasteiger partial charge in [-0.2, -0.15) is 29.2 Å². The Morgan fingerprint density at radius 2 is 0.959 bits per heavy atom. The molecule has 2 N–H and O–H groups in total. The molecular weight excluding hydrogens is 945 g/mol. The number of sulfone groups is 1. The second-order valence-corrected chi connectivity index (χ2v) is 19.8. The molecule has 0 spiro atoms. The quantitative estimate of drug-likeness (QED) is 0.123. The van der Waals surface area contributed by atoms with Crippen LogP contribution in [0.5, 0.6) is 23.0 Å². The van der Waals surface area contributed by atoms with Crippen LogP contribution in [0.4, 0.5) is 11.6 Å². The molecule has 2 aliphatic rings. The maximum atomic E-state index is 16.1. The molecular formula is C54H50N12O6S. The number of aromatic nitrogens is 8. The summed E-state index contributed by atoms with van der Waals surface area (Å²) in [5.41, 5.74) is 4.64. The Labute approximate surface area is 420 Å². The van der Waals surface area contributed by atoms with E-state index in [0.29, 0.717) is 84.9 Å². The monoisotopic (exact) mass is 994 g/mol. The van der Waals surface area contributed by atoms with E-state index in [2.05, 4.69) is 50.6 Å². The Bertz CT molecular complexity index is 3620. The van der Waals surface area contributed by atoms with Crippen molar-refractivity contribution in [2.45, 2.75) is 21.9 Å². The van der Waals surface area contributed by atoms with E-state index in [1.54, 1.807) is 62.0 Å². The van der Waals surface area contributed by atoms with Crippen LogP contribution < -0.4 is 39.4 Å². The molecule has 0 radical (unpaired) electrons. The molecule has 4 aromatic heterocycles. The lowest BCUT2D eigenvalue weighted by atomic mass is 9.96. The third kappa shape index (κ3) is 7.83. The van der Waals surface area contributed by atoms with Gasteiger partial charge in [0.05, 0.1) is 50.3 Å². The fourth-order valence-electron chi connectivity index (χ4n) is 10.7. The van der Waals surface area contributed by atoms with Gasteiger partial charge in [-0.25, -0.2) is 18.4 Å². The molecule has 368 valence electrons. The highest BCUT2D eigenvalue weighted by Gasteiger charge is 2.36. The second kappa shape index (κ2) is 18.7. The van der Waals surface area contributed by atoms with E-state index in [-0.39, 0.29) is 9.79 Å². The smallest absolute Gasteiger partial charge is 0.254 e. The molecule has 10 aromatic rings. The predicted molar refractivity (Wildman–Crippen MR) is 278 cm³/mol. The van der Waals surface area contributed by atoms with Crippen LogP contribution in [-0.4, -0.2) is 115 Å². The fraction of sp³-hybridized carbons (Fsp3) is 0.222. The molecule has 19 heteroatoms. The number of methoxy groups -OCH3 is 4. The molecule has 73 heavy (non-hydrogen) atoms. The lowest BCUT2D eigenvalue weighted by molar-refractivity contribution is 0.355. The molecule has 0 saturated carbocycles. The number of hydrogen-bond acceptors (Lipinski definition) is 16. The lowest BCUT2D eigenvalue weighted by Gasteiger charge is -2.38. The molecule has 6 aromatic carbocycles. The number of nitrogens with one attached hydrogen (secondary N) is 2. The number of rotatable bonds is 12. The molecule has 12 rings (SSSR count). The first-order chi connectivity index (χ1) is 35.8. The standard InChI is InChI=1S/C54H50N12O6S/c1-69-43-17-13-35(25-45(43)71-3)39-27-57-53-59-31-61-65(53)51(39)63-23-21-55-41(29-63)49-37-11-7-5-9-33(37)15-19-47(49)73(67,68)48-20-16-34-10-6-8-12-38(34)50(48)42-30-64(24-22-56-42)52-40(28-58-54-60-32-62-66(52)54)36-14-18-44(70-2)46(26-36)72-4/h5-20,25-28,31-32,41-42,55-56H,21-24,29-30H2,1-4H3. The first-order valence-corrected chi connectivity index (χ1v) is 25.3. The maximum absolute atomic E-state index is 16.1. The third-order valence-corrected chi connectivity index (χ3v) is 15.9. The van der Waals surface area contributed by atoms with E-state index in [4.69, 9.17) is 18.9 Å². The fourth-order valence-corrected chi connectivity index (χ4v) is 12.5. The lowest BCUT2D eigenvalue weighted by Crippen LogP contribution is -2.47. The zero-order valence-electron chi connectivity index (χ0n) is 40.4. The van der Waals surface area contributed by atoms with E-state index < -0.39 is 21.9 Å². The Hall–Kier alpha value is -8.39. The van der Waals surface area contributed by atoms with Crippen LogP contribution in [0.15, 0.2) is 144 Å². The Morgan fingerprint density at radius 3 is 1.40 bits per heavy atom. The van der Waals surface area contributed by atoms with Gasteiger partial charge in [0.1, 0.15) is 24.3 Å². The van der Waals surface area contributed by atoms with Crippen LogP contribution in [-0.2, 0) is 9.84 Å². The molecule has 2 saturated heterocycles. The number of ether oxygens (including phenoxy) is 4. The summed E-state index contributed by atoms with van der Waals surface area (Å²) < 4.78 is 58.4. The summed E-state index contributed by atoms with van der Waals surface area (Å²) in [6, 6.07) is 33.9. The van der Waals surface area contributed by atoms with Gasteiger partial charge in [-0.15, -0.1) is 0 Å². The van der Waals surface area contributed by atoms with Gasteiger partial charge in [0.25, 0.3) is 11.6 Å². The average molecular weight is 995 g/mol. The van der Waals surface area contributed by atoms with Crippen molar-refractivity contribution in [1.82, 2.24) is 49.8 Å². The minimum absolute atomic E-state index is 0.227. The summed E-state index contributed by atoms with van der Waals surface area (Å²) in [5.74, 6) is 4.75. The van der Waals surface area contributed by atoms with Gasteiger partial charge in [-0.05, 0) is 80.2 Å². The summed E-state index contributed by atoms with van der Waals surface area (Å²) in [6.45, 7) is 3.05. The summed E-state index contributed by atoms with van der Waals surface area (Å²) in [7, 11) is 2.15. The molecule has 0 amide bonds. The van der Waals surface area contributed by atoms with E-state index in [0.717, 1.165) is 55.4 Å². The van der Waals surface area contributed by atoms with Crippen molar-refractivity contribution < 1.29 is 27.4 Å². The van der Waals surface area contributed by atoms with Crippen molar-refractivity contribution in [1.29, 1.82) is 0 Å². The van der Waals surface area contributed by atoms with Gasteiger partial charge in [0.15, 0.2) is 23.0 Å². The first kappa shape index (κ1) is 45.7. The van der Waals surface area contributed by atoms with Crippen LogP contribution >= 0.6 is 0 Å². The highest BCUT2D eigenvalue weighted by Crippen LogP contribution is 2.44. The Kier molecular flexibility index (Phi) is 11.7. The van der Waals surface area contributed by atoms with Crippen molar-refractivity contribution in [3.05, 3.63) is 145 Å². The number of benzene rings is 6.